The first-order valence-electron chi connectivity index (χ1n) is 6.90. The van der Waals surface area contributed by atoms with Gasteiger partial charge in [0.15, 0.2) is 5.01 Å². The summed E-state index contributed by atoms with van der Waals surface area (Å²) in [5, 5.41) is 2.37. The van der Waals surface area contributed by atoms with Crippen molar-refractivity contribution in [2.75, 3.05) is 12.4 Å². The third kappa shape index (κ3) is 3.55. The number of ether oxygens (including phenoxy) is 1. The van der Waals surface area contributed by atoms with Crippen molar-refractivity contribution >= 4 is 33.1 Å². The third-order valence-corrected chi connectivity index (χ3v) is 4.34. The molecule has 2 aromatic carbocycles. The molecule has 1 heterocycles. The zero-order chi connectivity index (χ0) is 18.2. The van der Waals surface area contributed by atoms with Gasteiger partial charge in [0.1, 0.15) is 11.6 Å². The summed E-state index contributed by atoms with van der Waals surface area (Å²) in [6, 6.07) is 7.30. The molecule has 1 aromatic heterocycles. The van der Waals surface area contributed by atoms with Crippen LogP contribution in [-0.2, 0) is 6.18 Å². The molecule has 3 aromatic rings. The highest BCUT2D eigenvalue weighted by Crippen LogP contribution is 2.33. The van der Waals surface area contributed by atoms with E-state index in [1.165, 1.54) is 7.11 Å². The average molecular weight is 370 g/mol. The van der Waals surface area contributed by atoms with Crippen molar-refractivity contribution in [1.82, 2.24) is 4.98 Å². The van der Waals surface area contributed by atoms with Crippen LogP contribution in [0.3, 0.4) is 0 Å². The molecule has 9 heteroatoms. The summed E-state index contributed by atoms with van der Waals surface area (Å²) < 4.78 is 57.2. The van der Waals surface area contributed by atoms with E-state index in [-0.39, 0.29) is 10.7 Å². The highest BCUT2D eigenvalue weighted by atomic mass is 32.1. The molecule has 3 rings (SSSR count). The Kier molecular flexibility index (Phi) is 4.34. The number of carbonyl (C=O) groups is 1. The molecular formula is C16H10F4N2O2S. The van der Waals surface area contributed by atoms with Crippen molar-refractivity contribution in [2.45, 2.75) is 6.18 Å². The van der Waals surface area contributed by atoms with Crippen LogP contribution in [0, 0.1) is 5.82 Å². The van der Waals surface area contributed by atoms with Crippen LogP contribution >= 0.6 is 11.3 Å². The first-order chi connectivity index (χ1) is 11.8. The minimum Gasteiger partial charge on any atom is -0.497 e. The molecule has 4 nitrogen and oxygen atoms in total. The number of nitrogens with one attached hydrogen (secondary N) is 1. The quantitative estimate of drug-likeness (QED) is 0.679. The number of halogens is 4. The molecule has 0 radical (unpaired) electrons. The smallest absolute Gasteiger partial charge is 0.419 e. The Labute approximate surface area is 143 Å². The number of anilines is 1. The lowest BCUT2D eigenvalue weighted by molar-refractivity contribution is -0.139. The molecule has 25 heavy (non-hydrogen) atoms. The number of aromatic nitrogens is 1. The Morgan fingerprint density at radius 3 is 2.64 bits per heavy atom. The number of rotatable bonds is 3. The highest BCUT2D eigenvalue weighted by Gasteiger charge is 2.34. The van der Waals surface area contributed by atoms with E-state index in [2.05, 4.69) is 10.3 Å². The molecule has 0 saturated carbocycles. The molecule has 0 fully saturated rings. The predicted octanol–water partition coefficient (Wildman–Crippen LogP) is 4.72. The summed E-state index contributed by atoms with van der Waals surface area (Å²) >= 11 is 1.07. The Hall–Kier alpha value is -2.68. The Balaban J connectivity index is 1.87. The average Bonchev–Trinajstić information content (AvgIpc) is 2.98. The van der Waals surface area contributed by atoms with E-state index >= 15 is 0 Å². The number of thiazole rings is 1. The number of benzene rings is 2. The molecule has 0 aliphatic rings. The lowest BCUT2D eigenvalue weighted by Gasteiger charge is -2.10. The molecule has 0 aliphatic heterocycles. The van der Waals surface area contributed by atoms with Crippen molar-refractivity contribution in [3.05, 3.63) is 52.8 Å². The highest BCUT2D eigenvalue weighted by molar-refractivity contribution is 7.20. The zero-order valence-corrected chi connectivity index (χ0v) is 13.5. The predicted molar refractivity (Wildman–Crippen MR) is 85.5 cm³/mol. The number of hydrogen-bond donors (Lipinski definition) is 1. The number of fused-ring (bicyclic) bond motifs is 1. The second kappa shape index (κ2) is 6.32. The van der Waals surface area contributed by atoms with Gasteiger partial charge >= 0.3 is 6.18 Å². The molecular weight excluding hydrogens is 360 g/mol. The number of amides is 1. The number of methoxy groups -OCH3 is 1. The Bertz CT molecular complexity index is 953. The van der Waals surface area contributed by atoms with E-state index < -0.39 is 23.5 Å². The summed E-state index contributed by atoms with van der Waals surface area (Å²) in [5.41, 5.74) is -1.05. The van der Waals surface area contributed by atoms with Crippen molar-refractivity contribution in [2.24, 2.45) is 0 Å². The van der Waals surface area contributed by atoms with E-state index in [1.54, 1.807) is 18.2 Å². The van der Waals surface area contributed by atoms with Crippen molar-refractivity contribution in [3.63, 3.8) is 0 Å². The summed E-state index contributed by atoms with van der Waals surface area (Å²) in [7, 11) is 1.50. The van der Waals surface area contributed by atoms with Gasteiger partial charge in [0, 0.05) is 5.69 Å². The van der Waals surface area contributed by atoms with Gasteiger partial charge in [0.05, 0.1) is 22.9 Å². The lowest BCUT2D eigenvalue weighted by atomic mass is 10.2. The topological polar surface area (TPSA) is 51.2 Å². The maximum Gasteiger partial charge on any atom is 0.419 e. The molecule has 0 spiro atoms. The molecule has 0 saturated heterocycles. The molecule has 0 bridgehead atoms. The zero-order valence-electron chi connectivity index (χ0n) is 12.6. The molecule has 0 aliphatic carbocycles. The standard InChI is InChI=1S/C16H10F4N2O2S/c1-24-9-3-5-12-13(7-9)25-15(22-12)14(23)21-8-2-4-11(17)10(6-8)16(18,19)20/h2-7H,1H3,(H,21,23). The lowest BCUT2D eigenvalue weighted by Crippen LogP contribution is -2.14. The van der Waals surface area contributed by atoms with Gasteiger partial charge in [-0.3, -0.25) is 4.79 Å². The van der Waals surface area contributed by atoms with Crippen LogP contribution in [0.4, 0.5) is 23.2 Å². The van der Waals surface area contributed by atoms with Crippen LogP contribution in [0.25, 0.3) is 10.2 Å². The molecule has 130 valence electrons. The van der Waals surface area contributed by atoms with Crippen LogP contribution in [-0.4, -0.2) is 18.0 Å². The van der Waals surface area contributed by atoms with Crippen LogP contribution in [0.5, 0.6) is 5.75 Å². The minimum absolute atomic E-state index is 0.0705. The van der Waals surface area contributed by atoms with Gasteiger partial charge in [0.2, 0.25) is 0 Å². The fraction of sp³-hybridized carbons (Fsp3) is 0.125. The van der Waals surface area contributed by atoms with Crippen LogP contribution in [0.2, 0.25) is 0 Å². The normalized spacial score (nSPS) is 11.6. The van der Waals surface area contributed by atoms with Crippen LogP contribution in [0.1, 0.15) is 15.4 Å². The third-order valence-electron chi connectivity index (χ3n) is 3.32. The van der Waals surface area contributed by atoms with Gasteiger partial charge in [0.25, 0.3) is 5.91 Å². The summed E-state index contributed by atoms with van der Waals surface area (Å²) in [6.07, 6.45) is -4.85. The molecule has 0 atom stereocenters. The molecule has 1 N–H and O–H groups in total. The Morgan fingerprint density at radius 2 is 1.96 bits per heavy atom. The number of carbonyl (C=O) groups excluding carboxylic acids is 1. The number of hydrogen-bond acceptors (Lipinski definition) is 4. The van der Waals surface area contributed by atoms with Gasteiger partial charge in [-0.25, -0.2) is 9.37 Å². The second-order valence-electron chi connectivity index (χ2n) is 5.00. The summed E-state index contributed by atoms with van der Waals surface area (Å²) in [6.45, 7) is 0. The van der Waals surface area contributed by atoms with Crippen molar-refractivity contribution in [1.29, 1.82) is 0 Å². The van der Waals surface area contributed by atoms with E-state index in [4.69, 9.17) is 4.74 Å². The van der Waals surface area contributed by atoms with Gasteiger partial charge in [-0.1, -0.05) is 0 Å². The molecule has 1 amide bonds. The van der Waals surface area contributed by atoms with Gasteiger partial charge in [-0.05, 0) is 36.4 Å². The summed E-state index contributed by atoms with van der Waals surface area (Å²) in [5.74, 6) is -1.49. The number of alkyl halides is 3. The number of nitrogens with zero attached hydrogens (tertiary/aromatic N) is 1. The van der Waals surface area contributed by atoms with E-state index in [0.717, 1.165) is 17.4 Å². The maximum atomic E-state index is 13.3. The molecule has 0 unspecified atom stereocenters. The van der Waals surface area contributed by atoms with Gasteiger partial charge < -0.3 is 10.1 Å². The van der Waals surface area contributed by atoms with E-state index in [9.17, 15) is 22.4 Å². The summed E-state index contributed by atoms with van der Waals surface area (Å²) in [4.78, 5) is 16.3. The maximum absolute atomic E-state index is 13.3. The Morgan fingerprint density at radius 1 is 1.20 bits per heavy atom. The van der Waals surface area contributed by atoms with Gasteiger partial charge in [-0.15, -0.1) is 11.3 Å². The fourth-order valence-corrected chi connectivity index (χ4v) is 3.02. The first kappa shape index (κ1) is 17.2. The van der Waals surface area contributed by atoms with Crippen LogP contribution in [0.15, 0.2) is 36.4 Å². The van der Waals surface area contributed by atoms with Crippen molar-refractivity contribution < 1.29 is 27.1 Å². The van der Waals surface area contributed by atoms with E-state index in [1.807, 2.05) is 0 Å². The van der Waals surface area contributed by atoms with Gasteiger partial charge in [-0.2, -0.15) is 13.2 Å². The fourth-order valence-electron chi connectivity index (χ4n) is 2.13. The van der Waals surface area contributed by atoms with Crippen molar-refractivity contribution in [3.8, 4) is 5.75 Å². The SMILES string of the molecule is COc1ccc2nc(C(=O)Nc3ccc(F)c(C(F)(F)F)c3)sc2c1. The largest absolute Gasteiger partial charge is 0.497 e. The first-order valence-corrected chi connectivity index (χ1v) is 7.72. The van der Waals surface area contributed by atoms with Crippen LogP contribution < -0.4 is 10.1 Å². The minimum atomic E-state index is -4.85. The monoisotopic (exact) mass is 370 g/mol. The second-order valence-corrected chi connectivity index (χ2v) is 6.03. The van der Waals surface area contributed by atoms with E-state index in [0.29, 0.717) is 28.1 Å².